The number of halogens is 2. The van der Waals surface area contributed by atoms with Gasteiger partial charge >= 0.3 is 0 Å². The Morgan fingerprint density at radius 3 is 2.44 bits per heavy atom. The number of alkyl halides is 2. The molecule has 1 aromatic carbocycles. The predicted molar refractivity (Wildman–Crippen MR) is 100 cm³/mol. The van der Waals surface area contributed by atoms with Crippen molar-refractivity contribution in [3.8, 4) is 0 Å². The maximum Gasteiger partial charge on any atom is 0.238 e. The van der Waals surface area contributed by atoms with Gasteiger partial charge in [0.1, 0.15) is 4.33 Å². The summed E-state index contributed by atoms with van der Waals surface area (Å²) in [6.45, 7) is 4.98. The molecule has 1 aromatic rings. The summed E-state index contributed by atoms with van der Waals surface area (Å²) in [6, 6.07) is 7.84. The summed E-state index contributed by atoms with van der Waals surface area (Å²) in [5.41, 5.74) is 2.00. The molecule has 0 radical (unpaired) electrons. The highest BCUT2D eigenvalue weighted by Crippen LogP contribution is 2.53. The zero-order valence-corrected chi connectivity index (χ0v) is 15.8. The van der Waals surface area contributed by atoms with Gasteiger partial charge in [0.15, 0.2) is 0 Å². The molecule has 1 atom stereocenters. The first-order valence-corrected chi connectivity index (χ1v) is 9.43. The molecule has 136 valence electrons. The molecule has 7 heteroatoms. The second-order valence-corrected chi connectivity index (χ2v) is 8.22. The monoisotopic (exact) mass is 383 g/mol. The number of anilines is 1. The maximum atomic E-state index is 12.3. The molecule has 3 rings (SSSR count). The van der Waals surface area contributed by atoms with Crippen molar-refractivity contribution >= 4 is 40.7 Å². The minimum absolute atomic E-state index is 0.0246. The first-order chi connectivity index (χ1) is 11.9. The number of amides is 2. The molecule has 1 aliphatic carbocycles. The Balaban J connectivity index is 1.46. The molecule has 2 fully saturated rings. The van der Waals surface area contributed by atoms with Crippen molar-refractivity contribution in [3.63, 3.8) is 0 Å². The number of rotatable bonds is 5. The van der Waals surface area contributed by atoms with E-state index in [1.165, 1.54) is 0 Å². The second kappa shape index (κ2) is 7.52. The topological polar surface area (TPSA) is 52.7 Å². The third-order valence-electron chi connectivity index (χ3n) is 4.85. The lowest BCUT2D eigenvalue weighted by Gasteiger charge is -2.34. The van der Waals surface area contributed by atoms with Gasteiger partial charge in [-0.3, -0.25) is 14.5 Å². The minimum atomic E-state index is -0.874. The lowest BCUT2D eigenvalue weighted by molar-refractivity contribution is -0.134. The molecular formula is C18H23Cl2N3O2. The first kappa shape index (κ1) is 18.5. The number of benzene rings is 1. The van der Waals surface area contributed by atoms with E-state index >= 15 is 0 Å². The first-order valence-electron chi connectivity index (χ1n) is 8.67. The molecule has 0 spiro atoms. The molecule has 25 heavy (non-hydrogen) atoms. The zero-order valence-electron chi connectivity index (χ0n) is 14.3. The third kappa shape index (κ3) is 4.46. The molecule has 2 amide bonds. The van der Waals surface area contributed by atoms with E-state index in [-0.39, 0.29) is 17.7 Å². The molecule has 2 aliphatic rings. The second-order valence-electron chi connectivity index (χ2n) is 6.68. The van der Waals surface area contributed by atoms with Crippen LogP contribution in [-0.2, 0) is 16.0 Å². The van der Waals surface area contributed by atoms with Gasteiger partial charge in [0, 0.05) is 31.9 Å². The smallest absolute Gasteiger partial charge is 0.238 e. The van der Waals surface area contributed by atoms with Crippen LogP contribution >= 0.6 is 23.2 Å². The van der Waals surface area contributed by atoms with E-state index in [9.17, 15) is 9.59 Å². The van der Waals surface area contributed by atoms with Crippen LogP contribution < -0.4 is 5.32 Å². The molecule has 5 nitrogen and oxygen atoms in total. The summed E-state index contributed by atoms with van der Waals surface area (Å²) in [7, 11) is 0. The molecule has 1 heterocycles. The Kier molecular flexibility index (Phi) is 5.56. The average molecular weight is 384 g/mol. The van der Waals surface area contributed by atoms with Gasteiger partial charge in [0.2, 0.25) is 11.8 Å². The Hall–Kier alpha value is -1.30. The molecule has 1 aliphatic heterocycles. The number of para-hydroxylation sites is 1. The van der Waals surface area contributed by atoms with E-state index in [4.69, 9.17) is 23.2 Å². The summed E-state index contributed by atoms with van der Waals surface area (Å²) in [6.07, 6.45) is 1.41. The van der Waals surface area contributed by atoms with Crippen molar-refractivity contribution in [1.29, 1.82) is 0 Å². The molecule has 0 aromatic heterocycles. The van der Waals surface area contributed by atoms with Crippen LogP contribution in [0.1, 0.15) is 18.9 Å². The maximum absolute atomic E-state index is 12.3. The van der Waals surface area contributed by atoms with Gasteiger partial charge in [0.05, 0.1) is 12.5 Å². The number of hydrogen-bond acceptors (Lipinski definition) is 3. The summed E-state index contributed by atoms with van der Waals surface area (Å²) >= 11 is 12.0. The molecule has 1 saturated heterocycles. The highest BCUT2D eigenvalue weighted by Gasteiger charge is 2.57. The fourth-order valence-electron chi connectivity index (χ4n) is 3.17. The Labute approximate surface area is 158 Å². The molecular weight excluding hydrogens is 361 g/mol. The van der Waals surface area contributed by atoms with Crippen LogP contribution in [0.4, 0.5) is 5.69 Å². The van der Waals surface area contributed by atoms with Crippen LogP contribution in [-0.4, -0.2) is 58.7 Å². The molecule has 0 unspecified atom stereocenters. The fraction of sp³-hybridized carbons (Fsp3) is 0.556. The van der Waals surface area contributed by atoms with Crippen LogP contribution in [0, 0.1) is 5.92 Å². The minimum Gasteiger partial charge on any atom is -0.340 e. The fourth-order valence-corrected chi connectivity index (χ4v) is 3.67. The van der Waals surface area contributed by atoms with E-state index in [0.717, 1.165) is 17.7 Å². The van der Waals surface area contributed by atoms with Crippen LogP contribution in [0.2, 0.25) is 0 Å². The number of aryl methyl sites for hydroxylation is 1. The standard InChI is InChI=1S/C18H23Cl2N3O2/c1-2-13-5-3-4-6-15(13)21-16(24)12-22-7-9-23(10-8-22)17(25)14-11-18(14,19)20/h3-6,14H,2,7-12H2,1H3,(H,21,24)/t14-/m0/s1. The van der Waals surface area contributed by atoms with Crippen molar-refractivity contribution in [1.82, 2.24) is 9.80 Å². The number of nitrogens with one attached hydrogen (secondary N) is 1. The van der Waals surface area contributed by atoms with Crippen molar-refractivity contribution in [2.24, 2.45) is 5.92 Å². The molecule has 1 saturated carbocycles. The van der Waals surface area contributed by atoms with E-state index < -0.39 is 4.33 Å². The van der Waals surface area contributed by atoms with Gasteiger partial charge in [-0.25, -0.2) is 0 Å². The predicted octanol–water partition coefficient (Wildman–Crippen LogP) is 2.53. The lowest BCUT2D eigenvalue weighted by Crippen LogP contribution is -2.51. The van der Waals surface area contributed by atoms with Gasteiger partial charge in [-0.15, -0.1) is 23.2 Å². The highest BCUT2D eigenvalue weighted by atomic mass is 35.5. The summed E-state index contributed by atoms with van der Waals surface area (Å²) < 4.78 is -0.874. The quantitative estimate of drug-likeness (QED) is 0.794. The number of carbonyl (C=O) groups is 2. The highest BCUT2D eigenvalue weighted by molar-refractivity contribution is 6.52. The normalized spacial score (nSPS) is 22.5. The Bertz CT molecular complexity index is 657. The van der Waals surface area contributed by atoms with Crippen molar-refractivity contribution in [2.75, 3.05) is 38.0 Å². The lowest BCUT2D eigenvalue weighted by atomic mass is 10.1. The van der Waals surface area contributed by atoms with Crippen LogP contribution in [0.15, 0.2) is 24.3 Å². The summed E-state index contributed by atoms with van der Waals surface area (Å²) in [5, 5.41) is 2.99. The molecule has 0 bridgehead atoms. The van der Waals surface area contributed by atoms with Crippen molar-refractivity contribution in [3.05, 3.63) is 29.8 Å². The van der Waals surface area contributed by atoms with Crippen molar-refractivity contribution in [2.45, 2.75) is 24.1 Å². The van der Waals surface area contributed by atoms with Gasteiger partial charge in [-0.05, 0) is 24.5 Å². The van der Waals surface area contributed by atoms with E-state index in [0.29, 0.717) is 39.1 Å². The SMILES string of the molecule is CCc1ccccc1NC(=O)CN1CCN(C(=O)[C@@H]2CC2(Cl)Cl)CC1. The van der Waals surface area contributed by atoms with Gasteiger partial charge in [0.25, 0.3) is 0 Å². The summed E-state index contributed by atoms with van der Waals surface area (Å²) in [4.78, 5) is 28.4. The zero-order chi connectivity index (χ0) is 18.0. The average Bonchev–Trinajstić information content (AvgIpc) is 3.24. The largest absolute Gasteiger partial charge is 0.340 e. The number of carbonyl (C=O) groups excluding carboxylic acids is 2. The number of hydrogen-bond donors (Lipinski definition) is 1. The molecule has 1 N–H and O–H groups in total. The van der Waals surface area contributed by atoms with E-state index in [1.54, 1.807) is 4.90 Å². The van der Waals surface area contributed by atoms with E-state index in [1.807, 2.05) is 24.3 Å². The van der Waals surface area contributed by atoms with Gasteiger partial charge in [-0.1, -0.05) is 25.1 Å². The van der Waals surface area contributed by atoms with Gasteiger partial charge < -0.3 is 10.2 Å². The van der Waals surface area contributed by atoms with Crippen LogP contribution in [0.3, 0.4) is 0 Å². The summed E-state index contributed by atoms with van der Waals surface area (Å²) in [5.74, 6) is -0.259. The van der Waals surface area contributed by atoms with Crippen molar-refractivity contribution < 1.29 is 9.59 Å². The number of piperazine rings is 1. The number of nitrogens with zero attached hydrogens (tertiary/aromatic N) is 2. The Morgan fingerprint density at radius 2 is 1.84 bits per heavy atom. The third-order valence-corrected chi connectivity index (χ3v) is 5.68. The Morgan fingerprint density at radius 1 is 1.20 bits per heavy atom. The van der Waals surface area contributed by atoms with E-state index in [2.05, 4.69) is 17.1 Å². The van der Waals surface area contributed by atoms with Crippen LogP contribution in [0.25, 0.3) is 0 Å². The van der Waals surface area contributed by atoms with Gasteiger partial charge in [-0.2, -0.15) is 0 Å². The van der Waals surface area contributed by atoms with Crippen LogP contribution in [0.5, 0.6) is 0 Å².